The van der Waals surface area contributed by atoms with Gasteiger partial charge in [0.05, 0.1) is 6.42 Å². The summed E-state index contributed by atoms with van der Waals surface area (Å²) in [5, 5.41) is 0. The number of ether oxygens (including phenoxy) is 2. The zero-order valence-electron chi connectivity index (χ0n) is 15.2. The maximum absolute atomic E-state index is 12.2. The van der Waals surface area contributed by atoms with E-state index in [0.717, 1.165) is 24.0 Å². The average molecular weight is 332 g/mol. The zero-order valence-corrected chi connectivity index (χ0v) is 15.2. The molecule has 0 unspecified atom stereocenters. The van der Waals surface area contributed by atoms with Crippen LogP contribution in [0.3, 0.4) is 0 Å². The van der Waals surface area contributed by atoms with Crippen LogP contribution in [0, 0.1) is 19.8 Å². The minimum absolute atomic E-state index is 0.0104. The Labute approximate surface area is 144 Å². The molecule has 0 atom stereocenters. The molecular formula is C20H28O4. The minimum atomic E-state index is -0.324. The molecular weight excluding hydrogens is 304 g/mol. The number of carbonyl (C=O) groups excluding carboxylic acids is 2. The second kappa shape index (κ2) is 7.93. The number of hydrogen-bond donors (Lipinski definition) is 0. The summed E-state index contributed by atoms with van der Waals surface area (Å²) in [6.45, 7) is 9.29. The fourth-order valence-electron chi connectivity index (χ4n) is 3.26. The van der Waals surface area contributed by atoms with Gasteiger partial charge in [-0.15, -0.1) is 0 Å². The van der Waals surface area contributed by atoms with E-state index in [0.29, 0.717) is 13.2 Å². The smallest absolute Gasteiger partial charge is 0.307 e. The Bertz CT molecular complexity index is 598. The van der Waals surface area contributed by atoms with E-state index in [1.165, 1.54) is 5.56 Å². The van der Waals surface area contributed by atoms with Crippen LogP contribution in [0.25, 0.3) is 0 Å². The van der Waals surface area contributed by atoms with Crippen molar-refractivity contribution in [2.75, 3.05) is 19.8 Å². The molecule has 0 amide bonds. The first-order valence-electron chi connectivity index (χ1n) is 8.63. The van der Waals surface area contributed by atoms with Gasteiger partial charge in [0.15, 0.2) is 5.78 Å². The van der Waals surface area contributed by atoms with Gasteiger partial charge in [-0.1, -0.05) is 37.6 Å². The zero-order chi connectivity index (χ0) is 17.7. The summed E-state index contributed by atoms with van der Waals surface area (Å²) in [5.41, 5.74) is 3.16. The molecule has 1 saturated heterocycles. The summed E-state index contributed by atoms with van der Waals surface area (Å²) < 4.78 is 10.5. The topological polar surface area (TPSA) is 52.6 Å². The number of carbonyl (C=O) groups is 2. The van der Waals surface area contributed by atoms with Crippen LogP contribution in [0.15, 0.2) is 18.2 Å². The fraction of sp³-hybridized carbons (Fsp3) is 0.600. The average Bonchev–Trinajstić information content (AvgIpc) is 2.55. The number of hydrogen-bond acceptors (Lipinski definition) is 4. The van der Waals surface area contributed by atoms with Crippen molar-refractivity contribution >= 4 is 11.8 Å². The molecule has 2 rings (SSSR count). The standard InChI is InChI=1S/C20H28O4/c1-14-5-6-15(2)17(11-14)20(3,4)12-19(22)24-13-18(21)16-7-9-23-10-8-16/h5-6,11,16H,7-10,12-13H2,1-4H3. The molecule has 0 aliphatic carbocycles. The third kappa shape index (κ3) is 4.91. The van der Waals surface area contributed by atoms with Gasteiger partial charge in [0.25, 0.3) is 0 Å². The highest BCUT2D eigenvalue weighted by Gasteiger charge is 2.28. The maximum atomic E-state index is 12.2. The second-order valence-electron chi connectivity index (χ2n) is 7.39. The van der Waals surface area contributed by atoms with Crippen LogP contribution in [-0.2, 0) is 24.5 Å². The normalized spacial score (nSPS) is 16.0. The van der Waals surface area contributed by atoms with E-state index in [1.807, 2.05) is 20.8 Å². The third-order valence-corrected chi connectivity index (χ3v) is 4.76. The van der Waals surface area contributed by atoms with Crippen molar-refractivity contribution < 1.29 is 19.1 Å². The Hall–Kier alpha value is -1.68. The van der Waals surface area contributed by atoms with Crippen LogP contribution >= 0.6 is 0 Å². The monoisotopic (exact) mass is 332 g/mol. The van der Waals surface area contributed by atoms with Crippen molar-refractivity contribution in [1.29, 1.82) is 0 Å². The molecule has 4 heteroatoms. The first-order chi connectivity index (χ1) is 11.3. The van der Waals surface area contributed by atoms with Gasteiger partial charge in [-0.3, -0.25) is 9.59 Å². The summed E-state index contributed by atoms with van der Waals surface area (Å²) in [4.78, 5) is 24.3. The Morgan fingerprint density at radius 3 is 2.54 bits per heavy atom. The van der Waals surface area contributed by atoms with Gasteiger partial charge < -0.3 is 9.47 Å². The molecule has 0 bridgehead atoms. The van der Waals surface area contributed by atoms with Gasteiger partial charge in [-0.25, -0.2) is 0 Å². The van der Waals surface area contributed by atoms with E-state index in [-0.39, 0.29) is 36.1 Å². The maximum Gasteiger partial charge on any atom is 0.307 e. The van der Waals surface area contributed by atoms with Crippen LogP contribution in [0.2, 0.25) is 0 Å². The lowest BCUT2D eigenvalue weighted by Crippen LogP contribution is -2.29. The molecule has 0 spiro atoms. The van der Waals surface area contributed by atoms with E-state index in [1.54, 1.807) is 0 Å². The highest BCUT2D eigenvalue weighted by atomic mass is 16.5. The first-order valence-corrected chi connectivity index (χ1v) is 8.63. The lowest BCUT2D eigenvalue weighted by Gasteiger charge is -2.27. The highest BCUT2D eigenvalue weighted by Crippen LogP contribution is 2.31. The summed E-state index contributed by atoms with van der Waals surface area (Å²) in [5.74, 6) is -0.337. The number of benzene rings is 1. The third-order valence-electron chi connectivity index (χ3n) is 4.76. The molecule has 0 N–H and O–H groups in total. The van der Waals surface area contributed by atoms with Crippen LogP contribution in [0.4, 0.5) is 0 Å². The van der Waals surface area contributed by atoms with Crippen molar-refractivity contribution in [2.24, 2.45) is 5.92 Å². The molecule has 1 aromatic carbocycles. The molecule has 1 aromatic rings. The Balaban J connectivity index is 1.90. The SMILES string of the molecule is Cc1ccc(C)c(C(C)(C)CC(=O)OCC(=O)C2CCOCC2)c1. The lowest BCUT2D eigenvalue weighted by molar-refractivity contribution is -0.150. The van der Waals surface area contributed by atoms with Crippen LogP contribution in [0.1, 0.15) is 49.8 Å². The molecule has 4 nitrogen and oxygen atoms in total. The van der Waals surface area contributed by atoms with Gasteiger partial charge in [-0.05, 0) is 37.8 Å². The first kappa shape index (κ1) is 18.7. The Kier molecular flexibility index (Phi) is 6.16. The van der Waals surface area contributed by atoms with Crippen molar-refractivity contribution in [3.05, 3.63) is 34.9 Å². The van der Waals surface area contributed by atoms with E-state index in [4.69, 9.17) is 9.47 Å². The Morgan fingerprint density at radius 2 is 1.88 bits per heavy atom. The number of esters is 1. The molecule has 0 radical (unpaired) electrons. The quantitative estimate of drug-likeness (QED) is 0.748. The molecule has 1 fully saturated rings. The van der Waals surface area contributed by atoms with Gasteiger partial charge in [0.1, 0.15) is 6.61 Å². The molecule has 132 valence electrons. The van der Waals surface area contributed by atoms with E-state index in [9.17, 15) is 9.59 Å². The molecule has 1 aliphatic heterocycles. The summed E-state index contributed by atoms with van der Waals surface area (Å²) in [6.07, 6.45) is 1.72. The summed E-state index contributed by atoms with van der Waals surface area (Å²) in [7, 11) is 0. The van der Waals surface area contributed by atoms with Gasteiger partial charge >= 0.3 is 5.97 Å². The predicted octanol–water partition coefficient (Wildman–Crippen LogP) is 3.51. The molecule has 1 heterocycles. The molecule has 24 heavy (non-hydrogen) atoms. The number of aryl methyl sites for hydroxylation is 2. The summed E-state index contributed by atoms with van der Waals surface area (Å²) >= 11 is 0. The number of rotatable bonds is 6. The van der Waals surface area contributed by atoms with Crippen LogP contribution in [0.5, 0.6) is 0 Å². The molecule has 0 aromatic heterocycles. The second-order valence-corrected chi connectivity index (χ2v) is 7.39. The molecule has 1 aliphatic rings. The predicted molar refractivity (Wildman–Crippen MR) is 93.1 cm³/mol. The van der Waals surface area contributed by atoms with Crippen molar-refractivity contribution in [3.63, 3.8) is 0 Å². The van der Waals surface area contributed by atoms with Gasteiger partial charge in [-0.2, -0.15) is 0 Å². The van der Waals surface area contributed by atoms with Crippen molar-refractivity contribution in [1.82, 2.24) is 0 Å². The summed E-state index contributed by atoms with van der Waals surface area (Å²) in [6, 6.07) is 6.27. The van der Waals surface area contributed by atoms with Crippen molar-refractivity contribution in [3.8, 4) is 0 Å². The van der Waals surface area contributed by atoms with Crippen LogP contribution in [-0.4, -0.2) is 31.6 Å². The minimum Gasteiger partial charge on any atom is -0.458 e. The molecule has 0 saturated carbocycles. The van der Waals surface area contributed by atoms with Gasteiger partial charge in [0.2, 0.25) is 0 Å². The highest BCUT2D eigenvalue weighted by molar-refractivity contribution is 5.84. The van der Waals surface area contributed by atoms with E-state index >= 15 is 0 Å². The Morgan fingerprint density at radius 1 is 1.21 bits per heavy atom. The van der Waals surface area contributed by atoms with E-state index < -0.39 is 0 Å². The largest absolute Gasteiger partial charge is 0.458 e. The number of Topliss-reactive ketones (excluding diaryl/α,β-unsaturated/α-hetero) is 1. The van der Waals surface area contributed by atoms with E-state index in [2.05, 4.69) is 25.1 Å². The number of ketones is 1. The lowest BCUT2D eigenvalue weighted by atomic mass is 9.79. The van der Waals surface area contributed by atoms with Crippen molar-refractivity contribution in [2.45, 2.75) is 52.4 Å². The van der Waals surface area contributed by atoms with Crippen LogP contribution < -0.4 is 0 Å². The fourth-order valence-corrected chi connectivity index (χ4v) is 3.26. The van der Waals surface area contributed by atoms with Gasteiger partial charge in [0, 0.05) is 24.5 Å².